The summed E-state index contributed by atoms with van der Waals surface area (Å²) in [5, 5.41) is 0.539. The lowest BCUT2D eigenvalue weighted by Crippen LogP contribution is -2.07. The van der Waals surface area contributed by atoms with E-state index in [9.17, 15) is 4.79 Å². The minimum absolute atomic E-state index is 0.0590. The summed E-state index contributed by atoms with van der Waals surface area (Å²) < 4.78 is 10.9. The molecular formula is C13H15NO3. The molecule has 4 heteroatoms. The van der Waals surface area contributed by atoms with Crippen molar-refractivity contribution >= 4 is 11.0 Å². The lowest BCUT2D eigenvalue weighted by atomic mass is 10.2. The number of fused-ring (bicyclic) bond motifs is 1. The van der Waals surface area contributed by atoms with Crippen molar-refractivity contribution in [2.75, 3.05) is 13.2 Å². The van der Waals surface area contributed by atoms with E-state index in [1.165, 1.54) is 6.07 Å². The first kappa shape index (κ1) is 11.7. The Morgan fingerprint density at radius 3 is 2.88 bits per heavy atom. The molecule has 0 saturated heterocycles. The van der Waals surface area contributed by atoms with Gasteiger partial charge in [-0.15, -0.1) is 0 Å². The zero-order valence-electron chi connectivity index (χ0n) is 9.73. The highest BCUT2D eigenvalue weighted by molar-refractivity contribution is 5.78. The predicted octanol–water partition coefficient (Wildman–Crippen LogP) is 1.69. The summed E-state index contributed by atoms with van der Waals surface area (Å²) in [7, 11) is 0. The van der Waals surface area contributed by atoms with Gasteiger partial charge < -0.3 is 14.9 Å². The summed E-state index contributed by atoms with van der Waals surface area (Å²) in [5.41, 5.74) is 5.95. The summed E-state index contributed by atoms with van der Waals surface area (Å²) in [6, 6.07) is 6.74. The molecule has 0 spiro atoms. The average Bonchev–Trinajstić information content (AvgIpc) is 2.31. The third kappa shape index (κ3) is 2.47. The van der Waals surface area contributed by atoms with Gasteiger partial charge in [0.15, 0.2) is 5.43 Å². The monoisotopic (exact) mass is 233 g/mol. The van der Waals surface area contributed by atoms with Crippen LogP contribution >= 0.6 is 0 Å². The molecule has 2 N–H and O–H groups in total. The van der Waals surface area contributed by atoms with E-state index in [0.717, 1.165) is 0 Å². The van der Waals surface area contributed by atoms with E-state index in [4.69, 9.17) is 14.9 Å². The minimum atomic E-state index is -0.0590. The van der Waals surface area contributed by atoms with Crippen LogP contribution in [0.25, 0.3) is 11.0 Å². The third-order valence-corrected chi connectivity index (χ3v) is 2.45. The Morgan fingerprint density at radius 1 is 1.35 bits per heavy atom. The Balaban J connectivity index is 2.52. The smallest absolute Gasteiger partial charge is 0.193 e. The van der Waals surface area contributed by atoms with Crippen LogP contribution in [0, 0.1) is 0 Å². The molecule has 0 aliphatic carbocycles. The van der Waals surface area contributed by atoms with Crippen LogP contribution in [0.1, 0.15) is 12.7 Å². The van der Waals surface area contributed by atoms with E-state index in [1.54, 1.807) is 18.2 Å². The number of hydrogen-bond donors (Lipinski definition) is 1. The van der Waals surface area contributed by atoms with E-state index in [1.807, 2.05) is 6.92 Å². The lowest BCUT2D eigenvalue weighted by Gasteiger charge is -2.05. The topological polar surface area (TPSA) is 65.5 Å². The number of ether oxygens (including phenoxy) is 1. The lowest BCUT2D eigenvalue weighted by molar-refractivity contribution is 0.340. The van der Waals surface area contributed by atoms with E-state index < -0.39 is 0 Å². The molecule has 0 unspecified atom stereocenters. The summed E-state index contributed by atoms with van der Waals surface area (Å²) in [6.07, 6.45) is 0.568. The zero-order chi connectivity index (χ0) is 12.3. The molecule has 0 atom stereocenters. The standard InChI is InChI=1S/C13H15NO3/c1-2-16-9-3-4-13-11(7-9)12(15)8-10(17-13)5-6-14/h3-4,7-8H,2,5-6,14H2,1H3. The van der Waals surface area contributed by atoms with Crippen molar-refractivity contribution in [2.45, 2.75) is 13.3 Å². The maximum Gasteiger partial charge on any atom is 0.193 e. The number of rotatable bonds is 4. The van der Waals surface area contributed by atoms with Gasteiger partial charge in [0.05, 0.1) is 12.0 Å². The van der Waals surface area contributed by atoms with Gasteiger partial charge >= 0.3 is 0 Å². The highest BCUT2D eigenvalue weighted by Crippen LogP contribution is 2.19. The minimum Gasteiger partial charge on any atom is -0.494 e. The first-order valence-electron chi connectivity index (χ1n) is 5.64. The second-order valence-electron chi connectivity index (χ2n) is 3.71. The molecule has 1 aromatic heterocycles. The molecule has 2 aromatic rings. The van der Waals surface area contributed by atoms with Crippen molar-refractivity contribution in [3.63, 3.8) is 0 Å². The number of benzene rings is 1. The van der Waals surface area contributed by atoms with E-state index in [2.05, 4.69) is 0 Å². The second-order valence-corrected chi connectivity index (χ2v) is 3.71. The van der Waals surface area contributed by atoms with Crippen LogP contribution in [-0.2, 0) is 6.42 Å². The quantitative estimate of drug-likeness (QED) is 0.872. The van der Waals surface area contributed by atoms with Gasteiger partial charge in [0.1, 0.15) is 17.1 Å². The number of nitrogens with two attached hydrogens (primary N) is 1. The fourth-order valence-electron chi connectivity index (χ4n) is 1.71. The Bertz CT molecular complexity index is 574. The van der Waals surface area contributed by atoms with Gasteiger partial charge in [-0.2, -0.15) is 0 Å². The van der Waals surface area contributed by atoms with Crippen molar-refractivity contribution in [1.29, 1.82) is 0 Å². The molecule has 90 valence electrons. The van der Waals surface area contributed by atoms with E-state index in [0.29, 0.717) is 42.1 Å². The predicted molar refractivity (Wildman–Crippen MR) is 66.4 cm³/mol. The van der Waals surface area contributed by atoms with E-state index in [-0.39, 0.29) is 5.43 Å². The molecule has 0 radical (unpaired) electrons. The molecule has 0 aliphatic rings. The van der Waals surface area contributed by atoms with Gasteiger partial charge in [0, 0.05) is 12.5 Å². The zero-order valence-corrected chi connectivity index (χ0v) is 9.73. The molecule has 1 aromatic carbocycles. The molecule has 4 nitrogen and oxygen atoms in total. The summed E-state index contributed by atoms with van der Waals surface area (Å²) in [6.45, 7) is 2.94. The van der Waals surface area contributed by atoms with E-state index >= 15 is 0 Å². The second kappa shape index (κ2) is 5.01. The van der Waals surface area contributed by atoms with Gasteiger partial charge in [-0.05, 0) is 31.7 Å². The van der Waals surface area contributed by atoms with Crippen LogP contribution in [0.2, 0.25) is 0 Å². The number of hydrogen-bond acceptors (Lipinski definition) is 4. The van der Waals surface area contributed by atoms with Crippen LogP contribution in [-0.4, -0.2) is 13.2 Å². The maximum atomic E-state index is 11.9. The summed E-state index contributed by atoms with van der Waals surface area (Å²) >= 11 is 0. The summed E-state index contributed by atoms with van der Waals surface area (Å²) in [4.78, 5) is 11.9. The third-order valence-electron chi connectivity index (χ3n) is 2.45. The Kier molecular flexibility index (Phi) is 3.44. The molecule has 0 fully saturated rings. The van der Waals surface area contributed by atoms with Gasteiger partial charge in [-0.1, -0.05) is 0 Å². The SMILES string of the molecule is CCOc1ccc2oc(CCN)cc(=O)c2c1. The highest BCUT2D eigenvalue weighted by Gasteiger charge is 2.05. The molecule has 2 rings (SSSR count). The van der Waals surface area contributed by atoms with Gasteiger partial charge in [-0.25, -0.2) is 0 Å². The molecule has 0 aliphatic heterocycles. The molecule has 0 bridgehead atoms. The normalized spacial score (nSPS) is 10.7. The van der Waals surface area contributed by atoms with Crippen molar-refractivity contribution in [3.05, 3.63) is 40.2 Å². The molecule has 17 heavy (non-hydrogen) atoms. The van der Waals surface area contributed by atoms with Crippen LogP contribution < -0.4 is 15.9 Å². The van der Waals surface area contributed by atoms with Crippen LogP contribution in [0.5, 0.6) is 5.75 Å². The molecule has 1 heterocycles. The largest absolute Gasteiger partial charge is 0.494 e. The van der Waals surface area contributed by atoms with Crippen LogP contribution in [0.15, 0.2) is 33.5 Å². The Labute approximate surface area is 99.0 Å². The first-order chi connectivity index (χ1) is 8.24. The molecular weight excluding hydrogens is 218 g/mol. The summed E-state index contributed by atoms with van der Waals surface area (Å²) in [5.74, 6) is 1.30. The van der Waals surface area contributed by atoms with Crippen molar-refractivity contribution in [2.24, 2.45) is 5.73 Å². The highest BCUT2D eigenvalue weighted by atomic mass is 16.5. The van der Waals surface area contributed by atoms with Crippen molar-refractivity contribution in [3.8, 4) is 5.75 Å². The fraction of sp³-hybridized carbons (Fsp3) is 0.308. The van der Waals surface area contributed by atoms with Gasteiger partial charge in [-0.3, -0.25) is 4.79 Å². The van der Waals surface area contributed by atoms with Crippen molar-refractivity contribution in [1.82, 2.24) is 0 Å². The van der Waals surface area contributed by atoms with Crippen LogP contribution in [0.4, 0.5) is 0 Å². The molecule has 0 amide bonds. The Morgan fingerprint density at radius 2 is 2.18 bits per heavy atom. The van der Waals surface area contributed by atoms with Crippen LogP contribution in [0.3, 0.4) is 0 Å². The molecule has 0 saturated carbocycles. The average molecular weight is 233 g/mol. The van der Waals surface area contributed by atoms with Crippen molar-refractivity contribution < 1.29 is 9.15 Å². The Hall–Kier alpha value is -1.81. The van der Waals surface area contributed by atoms with Gasteiger partial charge in [0.2, 0.25) is 0 Å². The maximum absolute atomic E-state index is 11.9. The fourth-order valence-corrected chi connectivity index (χ4v) is 1.71. The first-order valence-corrected chi connectivity index (χ1v) is 5.64. The van der Waals surface area contributed by atoms with Gasteiger partial charge in [0.25, 0.3) is 0 Å².